The zero-order valence-electron chi connectivity index (χ0n) is 10.6. The minimum absolute atomic E-state index is 0. The number of nitro benzene ring substituents is 1. The quantitative estimate of drug-likeness (QED) is 0.668. The highest BCUT2D eigenvalue weighted by atomic mass is 35.5. The van der Waals surface area contributed by atoms with Crippen LogP contribution in [0.3, 0.4) is 0 Å². The van der Waals surface area contributed by atoms with Gasteiger partial charge in [0.25, 0.3) is 11.6 Å². The first-order chi connectivity index (χ1) is 8.99. The van der Waals surface area contributed by atoms with Gasteiger partial charge in [-0.15, -0.1) is 12.4 Å². The van der Waals surface area contributed by atoms with E-state index in [0.717, 1.165) is 12.8 Å². The van der Waals surface area contributed by atoms with Crippen molar-refractivity contribution >= 4 is 35.6 Å². The molecule has 1 heterocycles. The van der Waals surface area contributed by atoms with Gasteiger partial charge in [-0.3, -0.25) is 14.9 Å². The molecule has 1 aliphatic rings. The van der Waals surface area contributed by atoms with E-state index in [1.165, 1.54) is 18.2 Å². The number of non-ortho nitro benzene ring substituents is 1. The van der Waals surface area contributed by atoms with E-state index in [0.29, 0.717) is 18.7 Å². The van der Waals surface area contributed by atoms with Crippen molar-refractivity contribution in [2.75, 3.05) is 13.1 Å². The SMILES string of the molecule is Cl.NC1CCN(C(=O)c2ccc([N+](=O)[O-])cc2Cl)CC1. The maximum absolute atomic E-state index is 12.2. The molecule has 1 amide bonds. The molecule has 2 rings (SSSR count). The van der Waals surface area contributed by atoms with Gasteiger partial charge in [-0.2, -0.15) is 0 Å². The fourth-order valence-electron chi connectivity index (χ4n) is 2.06. The molecule has 1 aromatic carbocycles. The standard InChI is InChI=1S/C12H14ClN3O3.ClH/c13-11-7-9(16(18)19)1-2-10(11)12(17)15-5-3-8(14)4-6-15;/h1-2,7-8H,3-6,14H2;1H. The molecule has 110 valence electrons. The number of nitrogens with zero attached hydrogens (tertiary/aromatic N) is 2. The number of halogens is 2. The summed E-state index contributed by atoms with van der Waals surface area (Å²) in [5.41, 5.74) is 5.95. The molecule has 0 bridgehead atoms. The Bertz CT molecular complexity index is 517. The Morgan fingerprint density at radius 2 is 2.00 bits per heavy atom. The van der Waals surface area contributed by atoms with E-state index in [1.54, 1.807) is 4.90 Å². The molecule has 0 saturated carbocycles. The second kappa shape index (κ2) is 6.88. The number of benzene rings is 1. The topological polar surface area (TPSA) is 89.5 Å². The fourth-order valence-corrected chi connectivity index (χ4v) is 2.32. The lowest BCUT2D eigenvalue weighted by Crippen LogP contribution is -2.42. The maximum Gasteiger partial charge on any atom is 0.270 e. The first-order valence-corrected chi connectivity index (χ1v) is 6.35. The third kappa shape index (κ3) is 3.59. The lowest BCUT2D eigenvalue weighted by molar-refractivity contribution is -0.384. The number of nitrogens with two attached hydrogens (primary N) is 1. The van der Waals surface area contributed by atoms with Gasteiger partial charge in [0.1, 0.15) is 0 Å². The Morgan fingerprint density at radius 3 is 2.50 bits per heavy atom. The van der Waals surface area contributed by atoms with Gasteiger partial charge in [-0.05, 0) is 18.9 Å². The number of hydrogen-bond acceptors (Lipinski definition) is 4. The van der Waals surface area contributed by atoms with E-state index in [-0.39, 0.29) is 35.1 Å². The largest absolute Gasteiger partial charge is 0.338 e. The second-order valence-corrected chi connectivity index (χ2v) is 4.96. The van der Waals surface area contributed by atoms with Crippen molar-refractivity contribution in [1.29, 1.82) is 0 Å². The van der Waals surface area contributed by atoms with Crippen molar-refractivity contribution in [3.63, 3.8) is 0 Å². The molecule has 0 unspecified atom stereocenters. The summed E-state index contributed by atoms with van der Waals surface area (Å²) in [6.45, 7) is 1.18. The van der Waals surface area contributed by atoms with Crippen LogP contribution in [0.15, 0.2) is 18.2 Å². The summed E-state index contributed by atoms with van der Waals surface area (Å²) in [6.07, 6.45) is 1.52. The lowest BCUT2D eigenvalue weighted by atomic mass is 10.0. The highest BCUT2D eigenvalue weighted by molar-refractivity contribution is 6.34. The number of carbonyl (C=O) groups is 1. The van der Waals surface area contributed by atoms with Gasteiger partial charge in [0.15, 0.2) is 0 Å². The number of nitro groups is 1. The Hall–Kier alpha value is -1.37. The molecule has 0 radical (unpaired) electrons. The number of hydrogen-bond donors (Lipinski definition) is 1. The molecule has 6 nitrogen and oxygen atoms in total. The molecule has 20 heavy (non-hydrogen) atoms. The van der Waals surface area contributed by atoms with Crippen LogP contribution in [0.4, 0.5) is 5.69 Å². The van der Waals surface area contributed by atoms with Crippen LogP contribution in [0.2, 0.25) is 5.02 Å². The van der Waals surface area contributed by atoms with Gasteiger partial charge >= 0.3 is 0 Å². The zero-order chi connectivity index (χ0) is 14.0. The molecule has 1 aromatic rings. The molecule has 0 atom stereocenters. The van der Waals surface area contributed by atoms with Crippen LogP contribution in [-0.4, -0.2) is 34.9 Å². The summed E-state index contributed by atoms with van der Waals surface area (Å²) < 4.78 is 0. The fraction of sp³-hybridized carbons (Fsp3) is 0.417. The van der Waals surface area contributed by atoms with Crippen molar-refractivity contribution in [1.82, 2.24) is 4.90 Å². The molecule has 1 saturated heterocycles. The smallest absolute Gasteiger partial charge is 0.270 e. The Kier molecular flexibility index (Phi) is 5.74. The van der Waals surface area contributed by atoms with Crippen molar-refractivity contribution in [2.24, 2.45) is 5.73 Å². The number of carbonyl (C=O) groups excluding carboxylic acids is 1. The van der Waals surface area contributed by atoms with E-state index in [2.05, 4.69) is 0 Å². The average Bonchev–Trinajstić information content (AvgIpc) is 2.38. The molecule has 2 N–H and O–H groups in total. The minimum atomic E-state index is -0.542. The second-order valence-electron chi connectivity index (χ2n) is 4.55. The summed E-state index contributed by atoms with van der Waals surface area (Å²) in [5, 5.41) is 10.7. The van der Waals surface area contributed by atoms with Crippen molar-refractivity contribution < 1.29 is 9.72 Å². The summed E-state index contributed by atoms with van der Waals surface area (Å²) in [7, 11) is 0. The van der Waals surface area contributed by atoms with Gasteiger partial charge in [-0.1, -0.05) is 11.6 Å². The van der Waals surface area contributed by atoms with Crippen LogP contribution in [0.1, 0.15) is 23.2 Å². The first kappa shape index (κ1) is 16.7. The van der Waals surface area contributed by atoms with E-state index < -0.39 is 4.92 Å². The predicted molar refractivity (Wildman–Crippen MR) is 78.5 cm³/mol. The number of piperidine rings is 1. The number of rotatable bonds is 2. The highest BCUT2D eigenvalue weighted by Crippen LogP contribution is 2.24. The van der Waals surface area contributed by atoms with Gasteiger partial charge < -0.3 is 10.6 Å². The van der Waals surface area contributed by atoms with Crippen molar-refractivity contribution in [2.45, 2.75) is 18.9 Å². The van der Waals surface area contributed by atoms with Crippen LogP contribution in [0.25, 0.3) is 0 Å². The van der Waals surface area contributed by atoms with E-state index in [1.807, 2.05) is 0 Å². The predicted octanol–water partition coefficient (Wildman–Crippen LogP) is 2.23. The van der Waals surface area contributed by atoms with E-state index >= 15 is 0 Å². The third-order valence-electron chi connectivity index (χ3n) is 3.22. The molecular formula is C12H15Cl2N3O3. The minimum Gasteiger partial charge on any atom is -0.338 e. The summed E-state index contributed by atoms with van der Waals surface area (Å²) >= 11 is 5.94. The molecule has 0 aromatic heterocycles. The summed E-state index contributed by atoms with van der Waals surface area (Å²) in [6, 6.07) is 4.02. The van der Waals surface area contributed by atoms with E-state index in [9.17, 15) is 14.9 Å². The summed E-state index contributed by atoms with van der Waals surface area (Å²) in [4.78, 5) is 24.0. The summed E-state index contributed by atoms with van der Waals surface area (Å²) in [5.74, 6) is -0.202. The van der Waals surface area contributed by atoms with Crippen LogP contribution in [0.5, 0.6) is 0 Å². The van der Waals surface area contributed by atoms with Gasteiger partial charge in [0.2, 0.25) is 0 Å². The molecular weight excluding hydrogens is 305 g/mol. The van der Waals surface area contributed by atoms with Crippen LogP contribution >= 0.6 is 24.0 Å². The zero-order valence-corrected chi connectivity index (χ0v) is 12.2. The van der Waals surface area contributed by atoms with Crippen molar-refractivity contribution in [3.8, 4) is 0 Å². The third-order valence-corrected chi connectivity index (χ3v) is 3.53. The van der Waals surface area contributed by atoms with Gasteiger partial charge in [0.05, 0.1) is 15.5 Å². The molecule has 1 fully saturated rings. The van der Waals surface area contributed by atoms with Crippen LogP contribution in [0, 0.1) is 10.1 Å². The number of amides is 1. The molecule has 1 aliphatic heterocycles. The monoisotopic (exact) mass is 319 g/mol. The van der Waals surface area contributed by atoms with Gasteiger partial charge in [0, 0.05) is 31.3 Å². The first-order valence-electron chi connectivity index (χ1n) is 5.98. The highest BCUT2D eigenvalue weighted by Gasteiger charge is 2.24. The normalized spacial score (nSPS) is 15.6. The van der Waals surface area contributed by atoms with E-state index in [4.69, 9.17) is 17.3 Å². The van der Waals surface area contributed by atoms with Crippen LogP contribution < -0.4 is 5.73 Å². The molecule has 0 aliphatic carbocycles. The number of likely N-dealkylation sites (tertiary alicyclic amines) is 1. The molecule has 8 heteroatoms. The average molecular weight is 320 g/mol. The lowest BCUT2D eigenvalue weighted by Gasteiger charge is -2.30. The molecule has 0 spiro atoms. The maximum atomic E-state index is 12.2. The Morgan fingerprint density at radius 1 is 1.40 bits per heavy atom. The van der Waals surface area contributed by atoms with Crippen molar-refractivity contribution in [3.05, 3.63) is 38.9 Å². The van der Waals surface area contributed by atoms with Crippen LogP contribution in [-0.2, 0) is 0 Å². The van der Waals surface area contributed by atoms with Gasteiger partial charge in [-0.25, -0.2) is 0 Å². The Labute approximate surface area is 127 Å². The Balaban J connectivity index is 0.00000200.